The molecule has 4 rings (SSSR count). The zero-order chi connectivity index (χ0) is 18.5. The quantitative estimate of drug-likeness (QED) is 0.883. The van der Waals surface area contributed by atoms with Crippen LogP contribution in [-0.4, -0.2) is 34.0 Å². The van der Waals surface area contributed by atoms with Crippen molar-refractivity contribution in [1.29, 1.82) is 0 Å². The van der Waals surface area contributed by atoms with Crippen LogP contribution < -0.4 is 14.4 Å². The van der Waals surface area contributed by atoms with Crippen molar-refractivity contribution in [3.63, 3.8) is 0 Å². The maximum absolute atomic E-state index is 13.4. The predicted octanol–water partition coefficient (Wildman–Crippen LogP) is 1.63. The lowest BCUT2D eigenvalue weighted by Gasteiger charge is -2.26. The van der Waals surface area contributed by atoms with Crippen LogP contribution in [0.1, 0.15) is 11.1 Å². The minimum atomic E-state index is -3.78. The fraction of sp³-hybridized carbons (Fsp3) is 0.278. The van der Waals surface area contributed by atoms with Crippen LogP contribution in [0.25, 0.3) is 0 Å². The van der Waals surface area contributed by atoms with Gasteiger partial charge in [-0.2, -0.15) is 0 Å². The second kappa shape index (κ2) is 6.07. The van der Waals surface area contributed by atoms with Crippen molar-refractivity contribution in [3.8, 4) is 5.75 Å². The standard InChI is InChI=1S/C18H17FN2O4S/c1-21-16-4-3-15(8-11(16)9-18(21)22)26(23,24)20-14-7-12-6-13(19)2-5-17(12)25-10-14/h2-6,8,14,20H,7,9-10H2,1H3. The molecule has 136 valence electrons. The number of halogens is 1. The highest BCUT2D eigenvalue weighted by Crippen LogP contribution is 2.30. The summed E-state index contributed by atoms with van der Waals surface area (Å²) in [6.45, 7) is 0.171. The molecule has 2 heterocycles. The smallest absolute Gasteiger partial charge is 0.240 e. The summed E-state index contributed by atoms with van der Waals surface area (Å²) in [6.07, 6.45) is 0.535. The third-order valence-corrected chi connectivity index (χ3v) is 6.21. The summed E-state index contributed by atoms with van der Waals surface area (Å²) in [4.78, 5) is 13.4. The fourth-order valence-electron chi connectivity index (χ4n) is 3.34. The highest BCUT2D eigenvalue weighted by molar-refractivity contribution is 7.89. The van der Waals surface area contributed by atoms with Crippen molar-refractivity contribution in [2.45, 2.75) is 23.8 Å². The molecule has 1 amide bonds. The molecule has 2 aromatic rings. The highest BCUT2D eigenvalue weighted by atomic mass is 32.2. The van der Waals surface area contributed by atoms with Crippen molar-refractivity contribution in [3.05, 3.63) is 53.3 Å². The van der Waals surface area contributed by atoms with E-state index in [0.717, 1.165) is 5.69 Å². The number of likely N-dealkylation sites (N-methyl/N-ethyl adjacent to an activating group) is 1. The van der Waals surface area contributed by atoms with Crippen LogP contribution in [0.2, 0.25) is 0 Å². The molecule has 0 aromatic heterocycles. The van der Waals surface area contributed by atoms with E-state index in [4.69, 9.17) is 4.74 Å². The molecule has 0 radical (unpaired) electrons. The number of ether oxygens (including phenoxy) is 1. The molecule has 0 saturated heterocycles. The summed E-state index contributed by atoms with van der Waals surface area (Å²) in [7, 11) is -2.12. The number of benzene rings is 2. The number of nitrogens with zero attached hydrogens (tertiary/aromatic N) is 1. The number of carbonyl (C=O) groups excluding carboxylic acids is 1. The molecule has 0 bridgehead atoms. The van der Waals surface area contributed by atoms with Gasteiger partial charge in [-0.3, -0.25) is 4.79 Å². The third kappa shape index (κ3) is 2.95. The van der Waals surface area contributed by atoms with E-state index in [1.54, 1.807) is 19.2 Å². The van der Waals surface area contributed by atoms with Crippen molar-refractivity contribution in [2.24, 2.45) is 0 Å². The number of nitrogens with one attached hydrogen (secondary N) is 1. The van der Waals surface area contributed by atoms with Crippen LogP contribution in [0.3, 0.4) is 0 Å². The van der Waals surface area contributed by atoms with E-state index < -0.39 is 16.1 Å². The number of hydrogen-bond acceptors (Lipinski definition) is 4. The van der Waals surface area contributed by atoms with Gasteiger partial charge in [-0.1, -0.05) is 0 Å². The molecule has 1 N–H and O–H groups in total. The van der Waals surface area contributed by atoms with Crippen LogP contribution >= 0.6 is 0 Å². The Morgan fingerprint density at radius 3 is 2.81 bits per heavy atom. The summed E-state index contributed by atoms with van der Waals surface area (Å²) >= 11 is 0. The van der Waals surface area contributed by atoms with Crippen LogP contribution in [0.4, 0.5) is 10.1 Å². The first kappa shape index (κ1) is 17.0. The minimum Gasteiger partial charge on any atom is -0.492 e. The van der Waals surface area contributed by atoms with Gasteiger partial charge in [-0.25, -0.2) is 17.5 Å². The monoisotopic (exact) mass is 376 g/mol. The normalized spacial score (nSPS) is 19.1. The molecule has 0 spiro atoms. The van der Waals surface area contributed by atoms with Crippen molar-refractivity contribution < 1.29 is 22.3 Å². The van der Waals surface area contributed by atoms with E-state index >= 15 is 0 Å². The number of carbonyl (C=O) groups is 1. The van der Waals surface area contributed by atoms with E-state index in [1.807, 2.05) is 0 Å². The largest absolute Gasteiger partial charge is 0.492 e. The van der Waals surface area contributed by atoms with Crippen molar-refractivity contribution in [1.82, 2.24) is 4.72 Å². The zero-order valence-corrected chi connectivity index (χ0v) is 14.8. The van der Waals surface area contributed by atoms with E-state index in [9.17, 15) is 17.6 Å². The van der Waals surface area contributed by atoms with Gasteiger partial charge in [0.2, 0.25) is 15.9 Å². The van der Waals surface area contributed by atoms with Gasteiger partial charge in [0.25, 0.3) is 0 Å². The molecular weight excluding hydrogens is 359 g/mol. The topological polar surface area (TPSA) is 75.7 Å². The molecule has 2 aromatic carbocycles. The molecule has 2 aliphatic rings. The Kier molecular flexibility index (Phi) is 3.96. The van der Waals surface area contributed by atoms with Crippen LogP contribution in [0.5, 0.6) is 5.75 Å². The highest BCUT2D eigenvalue weighted by Gasteiger charge is 2.29. The van der Waals surface area contributed by atoms with E-state index in [-0.39, 0.29) is 29.6 Å². The average molecular weight is 376 g/mol. The number of sulfonamides is 1. The SMILES string of the molecule is CN1C(=O)Cc2cc(S(=O)(=O)NC3COc4ccc(F)cc4C3)ccc21. The first-order valence-corrected chi connectivity index (χ1v) is 9.65. The fourth-order valence-corrected chi connectivity index (χ4v) is 4.61. The molecule has 0 aliphatic carbocycles. The summed E-state index contributed by atoms with van der Waals surface area (Å²) in [5.41, 5.74) is 2.04. The Balaban J connectivity index is 1.55. The minimum absolute atomic E-state index is 0.0678. The Morgan fingerprint density at radius 1 is 1.19 bits per heavy atom. The zero-order valence-electron chi connectivity index (χ0n) is 14.0. The molecule has 0 fully saturated rings. The lowest BCUT2D eigenvalue weighted by molar-refractivity contribution is -0.117. The average Bonchev–Trinajstić information content (AvgIpc) is 2.88. The van der Waals surface area contributed by atoms with Gasteiger partial charge in [0, 0.05) is 12.7 Å². The first-order chi connectivity index (χ1) is 12.3. The molecule has 8 heteroatoms. The van der Waals surface area contributed by atoms with Gasteiger partial charge in [0.05, 0.1) is 17.4 Å². The number of anilines is 1. The van der Waals surface area contributed by atoms with Crippen molar-refractivity contribution >= 4 is 21.6 Å². The second-order valence-electron chi connectivity index (χ2n) is 6.51. The molecule has 26 heavy (non-hydrogen) atoms. The summed E-state index contributed by atoms with van der Waals surface area (Å²) < 4.78 is 46.9. The summed E-state index contributed by atoms with van der Waals surface area (Å²) in [5, 5.41) is 0. The van der Waals surface area contributed by atoms with Crippen LogP contribution in [-0.2, 0) is 27.7 Å². The summed E-state index contributed by atoms with van der Waals surface area (Å²) in [6, 6.07) is 8.36. The lowest BCUT2D eigenvalue weighted by Crippen LogP contribution is -2.42. The first-order valence-electron chi connectivity index (χ1n) is 8.16. The van der Waals surface area contributed by atoms with Gasteiger partial charge in [0.1, 0.15) is 18.2 Å². The maximum atomic E-state index is 13.4. The van der Waals surface area contributed by atoms with E-state index in [1.165, 1.54) is 29.2 Å². The molecule has 1 atom stereocenters. The van der Waals surface area contributed by atoms with Crippen molar-refractivity contribution in [2.75, 3.05) is 18.6 Å². The predicted molar refractivity (Wildman–Crippen MR) is 93.3 cm³/mol. The van der Waals surface area contributed by atoms with Gasteiger partial charge >= 0.3 is 0 Å². The Morgan fingerprint density at radius 2 is 2.00 bits per heavy atom. The van der Waals surface area contributed by atoms with Gasteiger partial charge in [0.15, 0.2) is 0 Å². The second-order valence-corrected chi connectivity index (χ2v) is 8.22. The molecular formula is C18H17FN2O4S. The number of amides is 1. The number of rotatable bonds is 3. The number of fused-ring (bicyclic) bond motifs is 2. The van der Waals surface area contributed by atoms with Crippen LogP contribution in [0.15, 0.2) is 41.3 Å². The number of hydrogen-bond donors (Lipinski definition) is 1. The van der Waals surface area contributed by atoms with Gasteiger partial charge < -0.3 is 9.64 Å². The van der Waals surface area contributed by atoms with Gasteiger partial charge in [-0.15, -0.1) is 0 Å². The molecule has 2 aliphatic heterocycles. The van der Waals surface area contributed by atoms with E-state index in [2.05, 4.69) is 4.72 Å². The molecule has 6 nitrogen and oxygen atoms in total. The van der Waals surface area contributed by atoms with E-state index in [0.29, 0.717) is 23.3 Å². The molecule has 1 unspecified atom stereocenters. The Bertz CT molecular complexity index is 1010. The Hall–Kier alpha value is -2.45. The van der Waals surface area contributed by atoms with Gasteiger partial charge in [-0.05, 0) is 53.9 Å². The van der Waals surface area contributed by atoms with Crippen LogP contribution in [0, 0.1) is 5.82 Å². The maximum Gasteiger partial charge on any atom is 0.240 e. The summed E-state index contributed by atoms with van der Waals surface area (Å²) in [5.74, 6) is 0.117. The molecule has 0 saturated carbocycles. The Labute approximate surface area is 150 Å². The lowest BCUT2D eigenvalue weighted by atomic mass is 10.0. The third-order valence-electron chi connectivity index (χ3n) is 4.69.